The van der Waals surface area contributed by atoms with Crippen molar-refractivity contribution < 1.29 is 9.18 Å². The predicted molar refractivity (Wildman–Crippen MR) is 123 cm³/mol. The van der Waals surface area contributed by atoms with E-state index in [0.29, 0.717) is 28.4 Å². The van der Waals surface area contributed by atoms with Gasteiger partial charge in [-0.3, -0.25) is 18.6 Å². The highest BCUT2D eigenvalue weighted by Gasteiger charge is 2.18. The number of unbranched alkanes of at least 4 members (excludes halogenated alkanes) is 1. The minimum absolute atomic E-state index is 0.0867. The quantitative estimate of drug-likeness (QED) is 0.409. The molecule has 0 spiro atoms. The highest BCUT2D eigenvalue weighted by atomic mass is 32.2. The summed E-state index contributed by atoms with van der Waals surface area (Å²) < 4.78 is 16.6. The molecule has 0 radical (unpaired) electrons. The monoisotopic (exact) mass is 453 g/mol. The molecule has 7 nitrogen and oxygen atoms in total. The molecular weight excluding hydrogens is 429 g/mol. The van der Waals surface area contributed by atoms with E-state index in [1.54, 1.807) is 22.8 Å². The van der Waals surface area contributed by atoms with Gasteiger partial charge in [0, 0.05) is 6.54 Å². The van der Waals surface area contributed by atoms with Gasteiger partial charge in [0.05, 0.1) is 22.7 Å². The zero-order valence-corrected chi connectivity index (χ0v) is 18.7. The normalized spacial score (nSPS) is 12.3. The fourth-order valence-electron chi connectivity index (χ4n) is 3.59. The first-order chi connectivity index (χ1) is 15.5. The van der Waals surface area contributed by atoms with Gasteiger partial charge in [-0.1, -0.05) is 49.4 Å². The Morgan fingerprint density at radius 2 is 1.91 bits per heavy atom. The van der Waals surface area contributed by atoms with Crippen LogP contribution in [0.2, 0.25) is 0 Å². The molecule has 0 unspecified atom stereocenters. The number of hydrogen-bond donors (Lipinski definition) is 1. The van der Waals surface area contributed by atoms with Gasteiger partial charge in [0.2, 0.25) is 11.7 Å². The van der Waals surface area contributed by atoms with Crippen molar-refractivity contribution in [1.29, 1.82) is 0 Å². The first kappa shape index (κ1) is 22.0. The molecule has 4 rings (SSSR count). The standard InChI is InChI=1S/C23H24FN5O2S/c1-3-4-13-28-21(31)18-7-5-6-8-19(18)29-22(28)26-27-23(29)32-14-20(30)25-15(2)16-9-11-17(24)12-10-16/h5-12,15H,3-4,13-14H2,1-2H3,(H,25,30)/t15-/m1/s1. The Bertz CT molecular complexity index is 1320. The summed E-state index contributed by atoms with van der Waals surface area (Å²) in [5, 5.41) is 12.6. The first-order valence-electron chi connectivity index (χ1n) is 10.5. The molecule has 2 aromatic heterocycles. The van der Waals surface area contributed by atoms with Gasteiger partial charge in [-0.2, -0.15) is 0 Å². The third kappa shape index (κ3) is 4.38. The molecule has 0 aliphatic heterocycles. The Balaban J connectivity index is 1.58. The van der Waals surface area contributed by atoms with Crippen molar-refractivity contribution in [2.75, 3.05) is 5.75 Å². The molecule has 0 saturated heterocycles. The van der Waals surface area contributed by atoms with Crippen molar-refractivity contribution in [3.63, 3.8) is 0 Å². The van der Waals surface area contributed by atoms with Gasteiger partial charge in [0.25, 0.3) is 5.56 Å². The molecule has 32 heavy (non-hydrogen) atoms. The minimum Gasteiger partial charge on any atom is -0.349 e. The Morgan fingerprint density at radius 1 is 1.16 bits per heavy atom. The Morgan fingerprint density at radius 3 is 2.66 bits per heavy atom. The number of aromatic nitrogens is 4. The fourth-order valence-corrected chi connectivity index (χ4v) is 4.34. The van der Waals surface area contributed by atoms with Crippen LogP contribution in [-0.2, 0) is 11.3 Å². The number of carbonyl (C=O) groups excluding carboxylic acids is 1. The molecule has 0 bridgehead atoms. The van der Waals surface area contributed by atoms with E-state index in [1.807, 2.05) is 29.5 Å². The predicted octanol–water partition coefficient (Wildman–Crippen LogP) is 3.95. The number of aryl methyl sites for hydroxylation is 1. The lowest BCUT2D eigenvalue weighted by molar-refractivity contribution is -0.119. The first-order valence-corrected chi connectivity index (χ1v) is 11.5. The van der Waals surface area contributed by atoms with Crippen LogP contribution in [0.15, 0.2) is 58.5 Å². The summed E-state index contributed by atoms with van der Waals surface area (Å²) >= 11 is 1.26. The van der Waals surface area contributed by atoms with Gasteiger partial charge < -0.3 is 5.32 Å². The van der Waals surface area contributed by atoms with E-state index in [2.05, 4.69) is 22.4 Å². The number of nitrogens with zero attached hydrogens (tertiary/aromatic N) is 4. The summed E-state index contributed by atoms with van der Waals surface area (Å²) in [5.41, 5.74) is 1.45. The van der Waals surface area contributed by atoms with E-state index in [0.717, 1.165) is 18.4 Å². The maximum Gasteiger partial charge on any atom is 0.262 e. The van der Waals surface area contributed by atoms with E-state index >= 15 is 0 Å². The summed E-state index contributed by atoms with van der Waals surface area (Å²) in [5.74, 6) is 0.123. The van der Waals surface area contributed by atoms with Gasteiger partial charge in [-0.15, -0.1) is 10.2 Å². The van der Waals surface area contributed by atoms with Crippen LogP contribution in [0.1, 0.15) is 38.3 Å². The average Bonchev–Trinajstić information content (AvgIpc) is 3.22. The topological polar surface area (TPSA) is 81.3 Å². The Kier molecular flexibility index (Phi) is 6.55. The molecule has 166 valence electrons. The number of carbonyl (C=O) groups is 1. The number of para-hydroxylation sites is 1. The van der Waals surface area contributed by atoms with Crippen LogP contribution in [0.25, 0.3) is 16.7 Å². The largest absolute Gasteiger partial charge is 0.349 e. The van der Waals surface area contributed by atoms with Crippen LogP contribution in [0.4, 0.5) is 4.39 Å². The van der Waals surface area contributed by atoms with E-state index in [1.165, 1.54) is 23.9 Å². The summed E-state index contributed by atoms with van der Waals surface area (Å²) in [6.07, 6.45) is 1.81. The number of amides is 1. The molecule has 2 heterocycles. The average molecular weight is 454 g/mol. The van der Waals surface area contributed by atoms with Gasteiger partial charge >= 0.3 is 0 Å². The Hall–Kier alpha value is -3.20. The maximum absolute atomic E-state index is 13.1. The number of hydrogen-bond acceptors (Lipinski definition) is 5. The van der Waals surface area contributed by atoms with Crippen LogP contribution in [-0.4, -0.2) is 30.8 Å². The zero-order valence-electron chi connectivity index (χ0n) is 17.9. The summed E-state index contributed by atoms with van der Waals surface area (Å²) in [6.45, 7) is 4.48. The molecule has 1 amide bonds. The lowest BCUT2D eigenvalue weighted by Crippen LogP contribution is -2.28. The zero-order chi connectivity index (χ0) is 22.7. The third-order valence-corrected chi connectivity index (χ3v) is 6.22. The number of halogens is 1. The lowest BCUT2D eigenvalue weighted by Gasteiger charge is -2.14. The van der Waals surface area contributed by atoms with Crippen molar-refractivity contribution in [3.8, 4) is 0 Å². The van der Waals surface area contributed by atoms with Crippen LogP contribution < -0.4 is 10.9 Å². The summed E-state index contributed by atoms with van der Waals surface area (Å²) in [4.78, 5) is 25.5. The van der Waals surface area contributed by atoms with E-state index < -0.39 is 0 Å². The maximum atomic E-state index is 13.1. The molecular formula is C23H24FN5O2S. The van der Waals surface area contributed by atoms with Crippen molar-refractivity contribution in [3.05, 3.63) is 70.3 Å². The molecule has 0 aliphatic carbocycles. The molecule has 0 saturated carbocycles. The van der Waals surface area contributed by atoms with Crippen molar-refractivity contribution in [1.82, 2.24) is 24.5 Å². The second kappa shape index (κ2) is 9.52. The molecule has 9 heteroatoms. The van der Waals surface area contributed by atoms with E-state index in [4.69, 9.17) is 0 Å². The fraction of sp³-hybridized carbons (Fsp3) is 0.304. The van der Waals surface area contributed by atoms with E-state index in [-0.39, 0.29) is 29.1 Å². The Labute approximate surface area is 188 Å². The van der Waals surface area contributed by atoms with Crippen molar-refractivity contribution in [2.24, 2.45) is 0 Å². The number of benzene rings is 2. The highest BCUT2D eigenvalue weighted by Crippen LogP contribution is 2.22. The smallest absolute Gasteiger partial charge is 0.262 e. The van der Waals surface area contributed by atoms with Gasteiger partial charge in [-0.05, 0) is 43.2 Å². The number of rotatable bonds is 8. The minimum atomic E-state index is -0.314. The summed E-state index contributed by atoms with van der Waals surface area (Å²) in [6, 6.07) is 13.2. The van der Waals surface area contributed by atoms with Crippen LogP contribution in [0.5, 0.6) is 0 Å². The van der Waals surface area contributed by atoms with Gasteiger partial charge in [0.1, 0.15) is 5.82 Å². The second-order valence-electron chi connectivity index (χ2n) is 7.57. The SMILES string of the molecule is CCCCn1c(=O)c2ccccc2n2c(SCC(=O)N[C@H](C)c3ccc(F)cc3)nnc12. The summed E-state index contributed by atoms with van der Waals surface area (Å²) in [7, 11) is 0. The second-order valence-corrected chi connectivity index (χ2v) is 8.52. The highest BCUT2D eigenvalue weighted by molar-refractivity contribution is 7.99. The van der Waals surface area contributed by atoms with Crippen molar-refractivity contribution in [2.45, 2.75) is 44.4 Å². The number of nitrogens with one attached hydrogen (secondary N) is 1. The van der Waals surface area contributed by atoms with Crippen LogP contribution in [0, 0.1) is 5.82 Å². The van der Waals surface area contributed by atoms with Crippen LogP contribution in [0.3, 0.4) is 0 Å². The van der Waals surface area contributed by atoms with Gasteiger partial charge in [-0.25, -0.2) is 4.39 Å². The van der Waals surface area contributed by atoms with E-state index in [9.17, 15) is 14.0 Å². The van der Waals surface area contributed by atoms with Crippen LogP contribution >= 0.6 is 11.8 Å². The number of fused-ring (bicyclic) bond motifs is 3. The lowest BCUT2D eigenvalue weighted by atomic mass is 10.1. The molecule has 0 fully saturated rings. The molecule has 1 atom stereocenters. The molecule has 0 aliphatic rings. The third-order valence-electron chi connectivity index (χ3n) is 5.29. The molecule has 1 N–H and O–H groups in total. The van der Waals surface area contributed by atoms with Crippen molar-refractivity contribution >= 4 is 34.3 Å². The number of thioether (sulfide) groups is 1. The molecule has 4 aromatic rings. The molecule has 2 aromatic carbocycles. The van der Waals surface area contributed by atoms with Gasteiger partial charge in [0.15, 0.2) is 5.16 Å².